The van der Waals surface area contributed by atoms with Crippen LogP contribution in [0.2, 0.25) is 0 Å². The number of carbonyl (C=O) groups excluding carboxylic acids is 3. The third-order valence-electron chi connectivity index (χ3n) is 7.78. The van der Waals surface area contributed by atoms with Crippen LogP contribution in [-0.4, -0.2) is 41.6 Å². The zero-order chi connectivity index (χ0) is 24.9. The number of amides is 2. The summed E-state index contributed by atoms with van der Waals surface area (Å²) in [4.78, 5) is 39.9. The van der Waals surface area contributed by atoms with Crippen LogP contribution < -0.4 is 5.32 Å². The fourth-order valence-corrected chi connectivity index (χ4v) is 5.48. The molecule has 2 aliphatic carbocycles. The van der Waals surface area contributed by atoms with Gasteiger partial charge in [0.05, 0.1) is 11.6 Å². The molecule has 0 spiro atoms. The molecule has 1 heterocycles. The SMILES string of the molecule is CC.CC(=O)[C@H](NC(=O)c1cccc(C2CCCN(C(=O)C3(C)CC3)C2)c1F)C1CCCCC1.[HH]. The number of likely N-dealkylation sites (tertiary alicyclic amines) is 1. The first-order valence-corrected chi connectivity index (χ1v) is 13.2. The van der Waals surface area contributed by atoms with Gasteiger partial charge in [0.1, 0.15) is 5.82 Å². The average molecular weight is 475 g/mol. The molecule has 190 valence electrons. The lowest BCUT2D eigenvalue weighted by Crippen LogP contribution is -2.46. The minimum Gasteiger partial charge on any atom is -0.342 e. The van der Waals surface area contributed by atoms with Crippen LogP contribution in [0.1, 0.15) is 109 Å². The van der Waals surface area contributed by atoms with E-state index in [0.29, 0.717) is 18.7 Å². The average Bonchev–Trinajstić information content (AvgIpc) is 3.62. The summed E-state index contributed by atoms with van der Waals surface area (Å²) in [6.07, 6.45) is 8.58. The van der Waals surface area contributed by atoms with Crippen molar-refractivity contribution < 1.29 is 20.2 Å². The molecule has 6 heteroatoms. The van der Waals surface area contributed by atoms with Gasteiger partial charge in [-0.3, -0.25) is 14.4 Å². The number of carbonyl (C=O) groups is 3. The second kappa shape index (κ2) is 11.5. The molecule has 2 atom stereocenters. The van der Waals surface area contributed by atoms with Crippen molar-refractivity contribution in [3.63, 3.8) is 0 Å². The number of halogens is 1. The number of ketones is 1. The molecule has 1 saturated heterocycles. The fourth-order valence-electron chi connectivity index (χ4n) is 5.48. The lowest BCUT2D eigenvalue weighted by Gasteiger charge is -2.35. The van der Waals surface area contributed by atoms with Crippen LogP contribution >= 0.6 is 0 Å². The molecule has 0 bridgehead atoms. The van der Waals surface area contributed by atoms with E-state index in [2.05, 4.69) is 5.32 Å². The molecular weight excluding hydrogens is 431 g/mol. The van der Waals surface area contributed by atoms with Crippen LogP contribution in [-0.2, 0) is 9.59 Å². The van der Waals surface area contributed by atoms with Gasteiger partial charge in [-0.2, -0.15) is 0 Å². The molecule has 1 aromatic rings. The zero-order valence-corrected chi connectivity index (χ0v) is 21.3. The van der Waals surface area contributed by atoms with Crippen LogP contribution in [0.5, 0.6) is 0 Å². The number of nitrogens with zero attached hydrogens (tertiary/aromatic N) is 1. The van der Waals surface area contributed by atoms with E-state index in [1.807, 2.05) is 25.7 Å². The third-order valence-corrected chi connectivity index (χ3v) is 7.78. The minimum absolute atomic E-state index is 0. The molecule has 3 aliphatic rings. The van der Waals surface area contributed by atoms with Crippen molar-refractivity contribution in [1.82, 2.24) is 10.2 Å². The lowest BCUT2D eigenvalue weighted by molar-refractivity contribution is -0.137. The predicted molar refractivity (Wildman–Crippen MR) is 134 cm³/mol. The highest BCUT2D eigenvalue weighted by molar-refractivity contribution is 5.98. The molecule has 4 rings (SSSR count). The van der Waals surface area contributed by atoms with Gasteiger partial charge in [-0.15, -0.1) is 0 Å². The Morgan fingerprint density at radius 3 is 2.38 bits per heavy atom. The van der Waals surface area contributed by atoms with Gasteiger partial charge < -0.3 is 10.2 Å². The molecule has 5 nitrogen and oxygen atoms in total. The fraction of sp³-hybridized carbons (Fsp3) is 0.679. The Hall–Kier alpha value is -2.24. The van der Waals surface area contributed by atoms with Crippen LogP contribution in [0.25, 0.3) is 0 Å². The van der Waals surface area contributed by atoms with E-state index < -0.39 is 17.8 Å². The number of piperidine rings is 1. The molecule has 0 aromatic heterocycles. The molecule has 2 amide bonds. The Bertz CT molecular complexity index is 896. The van der Waals surface area contributed by atoms with Gasteiger partial charge in [-0.25, -0.2) is 4.39 Å². The van der Waals surface area contributed by atoms with Gasteiger partial charge in [0.15, 0.2) is 5.78 Å². The Labute approximate surface area is 205 Å². The van der Waals surface area contributed by atoms with E-state index in [1.54, 1.807) is 12.1 Å². The molecule has 0 radical (unpaired) electrons. The van der Waals surface area contributed by atoms with Crippen molar-refractivity contribution in [2.24, 2.45) is 11.3 Å². The van der Waals surface area contributed by atoms with Crippen molar-refractivity contribution in [3.8, 4) is 0 Å². The van der Waals surface area contributed by atoms with Gasteiger partial charge in [0.25, 0.3) is 5.91 Å². The Kier molecular flexibility index (Phi) is 8.89. The van der Waals surface area contributed by atoms with Crippen molar-refractivity contribution in [2.75, 3.05) is 13.1 Å². The number of benzene rings is 1. The second-order valence-corrected chi connectivity index (χ2v) is 10.3. The summed E-state index contributed by atoms with van der Waals surface area (Å²) in [6.45, 7) is 8.71. The summed E-state index contributed by atoms with van der Waals surface area (Å²) in [5.41, 5.74) is 0.249. The zero-order valence-electron chi connectivity index (χ0n) is 21.3. The molecular formula is C28H43FN2O3. The lowest BCUT2D eigenvalue weighted by atomic mass is 9.82. The smallest absolute Gasteiger partial charge is 0.254 e. The third kappa shape index (κ3) is 5.87. The maximum Gasteiger partial charge on any atom is 0.254 e. The second-order valence-electron chi connectivity index (χ2n) is 10.3. The molecule has 34 heavy (non-hydrogen) atoms. The number of hydrogen-bond acceptors (Lipinski definition) is 3. The Balaban J connectivity index is 0.00000140. The van der Waals surface area contributed by atoms with Crippen molar-refractivity contribution in [2.45, 2.75) is 97.4 Å². The van der Waals surface area contributed by atoms with Gasteiger partial charge in [0.2, 0.25) is 5.91 Å². The number of Topliss-reactive ketones (excluding diaryl/α,β-unsaturated/α-hetero) is 1. The highest BCUT2D eigenvalue weighted by Gasteiger charge is 2.47. The monoisotopic (exact) mass is 474 g/mol. The number of rotatable bonds is 6. The van der Waals surface area contributed by atoms with Crippen molar-refractivity contribution in [1.29, 1.82) is 0 Å². The highest BCUT2D eigenvalue weighted by Crippen LogP contribution is 2.47. The predicted octanol–water partition coefficient (Wildman–Crippen LogP) is 5.87. The number of hydrogen-bond donors (Lipinski definition) is 1. The summed E-state index contributed by atoms with van der Waals surface area (Å²) < 4.78 is 15.5. The van der Waals surface area contributed by atoms with Crippen LogP contribution in [0.4, 0.5) is 4.39 Å². The molecule has 3 fully saturated rings. The maximum absolute atomic E-state index is 15.5. The first-order valence-electron chi connectivity index (χ1n) is 13.2. The summed E-state index contributed by atoms with van der Waals surface area (Å²) in [5.74, 6) is -0.940. The van der Waals surface area contributed by atoms with Gasteiger partial charge in [0, 0.05) is 25.8 Å². The topological polar surface area (TPSA) is 66.5 Å². The van der Waals surface area contributed by atoms with Crippen molar-refractivity contribution >= 4 is 17.6 Å². The number of nitrogens with one attached hydrogen (secondary N) is 1. The highest BCUT2D eigenvalue weighted by atomic mass is 19.1. The normalized spacial score (nSPS) is 22.7. The van der Waals surface area contributed by atoms with E-state index in [9.17, 15) is 14.4 Å². The molecule has 2 saturated carbocycles. The summed E-state index contributed by atoms with van der Waals surface area (Å²) >= 11 is 0. The van der Waals surface area contributed by atoms with Gasteiger partial charge in [-0.05, 0) is 63.0 Å². The summed E-state index contributed by atoms with van der Waals surface area (Å²) in [5, 5.41) is 2.84. The van der Waals surface area contributed by atoms with E-state index >= 15 is 4.39 Å². The summed E-state index contributed by atoms with van der Waals surface area (Å²) in [6, 6.07) is 4.36. The van der Waals surface area contributed by atoms with E-state index in [4.69, 9.17) is 0 Å². The van der Waals surface area contributed by atoms with Crippen LogP contribution in [0.15, 0.2) is 18.2 Å². The molecule has 1 aliphatic heterocycles. The molecule has 1 N–H and O–H groups in total. The Morgan fingerprint density at radius 2 is 1.76 bits per heavy atom. The standard InChI is InChI=1S/C26H35FN2O3.C2H6.H2/c1-17(30)23(18-8-4-3-5-9-18)28-24(31)21-12-6-11-20(22(21)27)19-10-7-15-29(16-19)25(32)26(2)13-14-26;1-2;/h6,11-12,18-19,23H,3-5,7-10,13-16H2,1-2H3,(H,28,31);1-2H3;1H/t19?,23-;;/m0../s1. The van der Waals surface area contributed by atoms with Gasteiger partial charge >= 0.3 is 0 Å². The Morgan fingerprint density at radius 1 is 1.09 bits per heavy atom. The first kappa shape index (κ1) is 26.4. The van der Waals surface area contributed by atoms with Crippen LogP contribution in [0, 0.1) is 17.2 Å². The maximum atomic E-state index is 15.5. The van der Waals surface area contributed by atoms with Crippen LogP contribution in [0.3, 0.4) is 0 Å². The molecule has 1 aromatic carbocycles. The quantitative estimate of drug-likeness (QED) is 0.561. The van der Waals surface area contributed by atoms with E-state index in [-0.39, 0.29) is 35.9 Å². The minimum atomic E-state index is -0.562. The first-order chi connectivity index (χ1) is 16.3. The largest absolute Gasteiger partial charge is 0.342 e. The van der Waals surface area contributed by atoms with E-state index in [0.717, 1.165) is 57.8 Å². The van der Waals surface area contributed by atoms with Crippen molar-refractivity contribution in [3.05, 3.63) is 35.1 Å². The van der Waals surface area contributed by atoms with E-state index in [1.165, 1.54) is 13.0 Å². The molecule has 1 unspecified atom stereocenters. The van der Waals surface area contributed by atoms with Gasteiger partial charge in [-0.1, -0.05) is 52.2 Å². The summed E-state index contributed by atoms with van der Waals surface area (Å²) in [7, 11) is 0.